The van der Waals surface area contributed by atoms with Gasteiger partial charge in [-0.25, -0.2) is 0 Å². The van der Waals surface area contributed by atoms with Gasteiger partial charge in [0.05, 0.1) is 12.2 Å². The number of carbonyl (C=O) groups excluding carboxylic acids is 1. The first-order valence-electron chi connectivity index (χ1n) is 7.38. The van der Waals surface area contributed by atoms with Crippen LogP contribution in [0.15, 0.2) is 36.4 Å². The predicted molar refractivity (Wildman–Crippen MR) is 83.1 cm³/mol. The minimum absolute atomic E-state index is 0.0187. The summed E-state index contributed by atoms with van der Waals surface area (Å²) in [5, 5.41) is 9.68. The molecule has 0 radical (unpaired) electrons. The Morgan fingerprint density at radius 1 is 1.25 bits per heavy atom. The van der Waals surface area contributed by atoms with Gasteiger partial charge in [0.2, 0.25) is 0 Å². The van der Waals surface area contributed by atoms with Gasteiger partial charge >= 0.3 is 13.3 Å². The number of fused-ring (bicyclic) bond motifs is 1. The Kier molecular flexibility index (Phi) is 4.23. The van der Waals surface area contributed by atoms with E-state index in [0.717, 1.165) is 11.6 Å². The van der Waals surface area contributed by atoms with Crippen molar-refractivity contribution >= 4 is 18.4 Å². The maximum Gasteiger partial charge on any atom is 0.491 e. The summed E-state index contributed by atoms with van der Waals surface area (Å²) in [5.41, 5.74) is 1.36. The molecule has 124 valence electrons. The first-order chi connectivity index (χ1) is 11.3. The normalized spacial score (nSPS) is 14.0. The summed E-state index contributed by atoms with van der Waals surface area (Å²) in [6.45, 7) is 1.66. The molecule has 1 N–H and O–H groups in total. The van der Waals surface area contributed by atoms with Crippen LogP contribution >= 0.6 is 0 Å². The third-order valence-corrected chi connectivity index (χ3v) is 4.10. The molecule has 0 amide bonds. The van der Waals surface area contributed by atoms with Crippen LogP contribution in [0.5, 0.6) is 0 Å². The lowest BCUT2D eigenvalue weighted by atomic mass is 9.78. The van der Waals surface area contributed by atoms with Gasteiger partial charge in [-0.1, -0.05) is 30.3 Å². The lowest BCUT2D eigenvalue weighted by Crippen LogP contribution is -2.28. The van der Waals surface area contributed by atoms with Crippen molar-refractivity contribution < 1.29 is 27.6 Å². The highest BCUT2D eigenvalue weighted by molar-refractivity contribution is 6.61. The van der Waals surface area contributed by atoms with E-state index >= 15 is 0 Å². The van der Waals surface area contributed by atoms with Gasteiger partial charge < -0.3 is 9.68 Å². The molecule has 0 saturated heterocycles. The van der Waals surface area contributed by atoms with Crippen LogP contribution in [0.4, 0.5) is 13.2 Å². The number of benzene rings is 2. The lowest BCUT2D eigenvalue weighted by Gasteiger charge is -2.12. The summed E-state index contributed by atoms with van der Waals surface area (Å²) in [6.07, 6.45) is -4.53. The Labute approximate surface area is 137 Å². The Bertz CT molecular complexity index is 802. The molecule has 0 aromatic heterocycles. The first-order valence-corrected chi connectivity index (χ1v) is 7.38. The molecular weight excluding hydrogens is 320 g/mol. The standard InChI is InChI=1S/C17H14BF3O3/c1-10-2-4-12(8-14(10)17(19,20)21)16(22)7-11-3-5-13-9-24-18(23)15(13)6-11/h2-6,8,23H,7,9H2,1H3. The summed E-state index contributed by atoms with van der Waals surface area (Å²) >= 11 is 0. The Morgan fingerprint density at radius 3 is 2.71 bits per heavy atom. The molecule has 0 aliphatic carbocycles. The second-order valence-electron chi connectivity index (χ2n) is 5.82. The van der Waals surface area contributed by atoms with Crippen molar-refractivity contribution in [2.24, 2.45) is 0 Å². The molecule has 2 aromatic carbocycles. The van der Waals surface area contributed by atoms with Crippen molar-refractivity contribution in [3.8, 4) is 0 Å². The first kappa shape index (κ1) is 16.7. The third kappa shape index (κ3) is 3.23. The van der Waals surface area contributed by atoms with Gasteiger partial charge in [-0.3, -0.25) is 4.79 Å². The number of Topliss-reactive ketones (excluding diaryl/α,β-unsaturated/α-hetero) is 1. The van der Waals surface area contributed by atoms with Gasteiger partial charge in [0.1, 0.15) is 0 Å². The average Bonchev–Trinajstić information content (AvgIpc) is 2.87. The largest absolute Gasteiger partial charge is 0.491 e. The van der Waals surface area contributed by atoms with Crippen molar-refractivity contribution in [2.45, 2.75) is 26.1 Å². The molecule has 0 fully saturated rings. The molecule has 3 nitrogen and oxygen atoms in total. The molecule has 2 aromatic rings. The second kappa shape index (κ2) is 6.07. The van der Waals surface area contributed by atoms with Crippen molar-refractivity contribution in [1.82, 2.24) is 0 Å². The highest BCUT2D eigenvalue weighted by Crippen LogP contribution is 2.32. The minimum Gasteiger partial charge on any atom is -0.423 e. The summed E-state index contributed by atoms with van der Waals surface area (Å²) in [4.78, 5) is 12.3. The Balaban J connectivity index is 1.85. The fourth-order valence-corrected chi connectivity index (χ4v) is 2.76. The van der Waals surface area contributed by atoms with Crippen LogP contribution in [0.2, 0.25) is 0 Å². The number of halogens is 3. The number of hydrogen-bond donors (Lipinski definition) is 1. The Morgan fingerprint density at radius 2 is 2.00 bits per heavy atom. The van der Waals surface area contributed by atoms with E-state index in [0.29, 0.717) is 17.6 Å². The predicted octanol–water partition coefficient (Wildman–Crippen LogP) is 2.66. The number of hydrogen-bond acceptors (Lipinski definition) is 3. The topological polar surface area (TPSA) is 46.5 Å². The van der Waals surface area contributed by atoms with E-state index in [1.807, 2.05) is 0 Å². The van der Waals surface area contributed by atoms with E-state index in [-0.39, 0.29) is 17.5 Å². The minimum atomic E-state index is -4.49. The fourth-order valence-electron chi connectivity index (χ4n) is 2.76. The second-order valence-corrected chi connectivity index (χ2v) is 5.82. The summed E-state index contributed by atoms with van der Waals surface area (Å²) in [7, 11) is -1.02. The zero-order valence-corrected chi connectivity index (χ0v) is 12.9. The van der Waals surface area contributed by atoms with Crippen LogP contribution in [0.25, 0.3) is 0 Å². The van der Waals surface area contributed by atoms with Gasteiger partial charge in [0.15, 0.2) is 5.78 Å². The van der Waals surface area contributed by atoms with Crippen molar-refractivity contribution in [1.29, 1.82) is 0 Å². The molecule has 0 unspecified atom stereocenters. The molecule has 1 aliphatic heterocycles. The lowest BCUT2D eigenvalue weighted by molar-refractivity contribution is -0.138. The third-order valence-electron chi connectivity index (χ3n) is 4.10. The summed E-state index contributed by atoms with van der Waals surface area (Å²) in [5.74, 6) is -0.408. The molecule has 0 atom stereocenters. The van der Waals surface area contributed by atoms with Crippen LogP contribution in [0.3, 0.4) is 0 Å². The number of rotatable bonds is 3. The molecule has 3 rings (SSSR count). The zero-order chi connectivity index (χ0) is 17.5. The number of carbonyl (C=O) groups is 1. The highest BCUT2D eigenvalue weighted by atomic mass is 19.4. The monoisotopic (exact) mass is 334 g/mol. The average molecular weight is 334 g/mol. The highest BCUT2D eigenvalue weighted by Gasteiger charge is 2.33. The van der Waals surface area contributed by atoms with E-state index in [1.54, 1.807) is 18.2 Å². The van der Waals surface area contributed by atoms with E-state index in [9.17, 15) is 23.0 Å². The van der Waals surface area contributed by atoms with Crippen molar-refractivity contribution in [3.63, 3.8) is 0 Å². The van der Waals surface area contributed by atoms with Gasteiger partial charge in [0, 0.05) is 12.0 Å². The number of aryl methyl sites for hydroxylation is 1. The molecule has 1 aliphatic rings. The molecule has 1 heterocycles. The fraction of sp³-hybridized carbons (Fsp3) is 0.235. The zero-order valence-electron chi connectivity index (χ0n) is 12.9. The van der Waals surface area contributed by atoms with Gasteiger partial charge in [-0.15, -0.1) is 0 Å². The number of alkyl halides is 3. The van der Waals surface area contributed by atoms with Crippen LogP contribution in [0.1, 0.15) is 32.6 Å². The number of ketones is 1. The quantitative estimate of drug-likeness (QED) is 0.693. The van der Waals surface area contributed by atoms with E-state index in [4.69, 9.17) is 4.65 Å². The van der Waals surface area contributed by atoms with Crippen molar-refractivity contribution in [3.05, 3.63) is 64.2 Å². The molecule has 0 spiro atoms. The van der Waals surface area contributed by atoms with Gasteiger partial charge in [0.25, 0.3) is 0 Å². The maximum atomic E-state index is 13.0. The SMILES string of the molecule is Cc1ccc(C(=O)Cc2ccc3c(c2)B(O)OC3)cc1C(F)(F)F. The summed E-state index contributed by atoms with van der Waals surface area (Å²) < 4.78 is 44.0. The van der Waals surface area contributed by atoms with Crippen LogP contribution in [-0.2, 0) is 23.9 Å². The molecule has 24 heavy (non-hydrogen) atoms. The molecule has 0 saturated carbocycles. The maximum absolute atomic E-state index is 13.0. The van der Waals surface area contributed by atoms with Crippen LogP contribution in [-0.4, -0.2) is 17.9 Å². The molecule has 7 heteroatoms. The van der Waals surface area contributed by atoms with E-state index in [1.165, 1.54) is 19.1 Å². The summed E-state index contributed by atoms with van der Waals surface area (Å²) in [6, 6.07) is 8.72. The van der Waals surface area contributed by atoms with Gasteiger partial charge in [-0.05, 0) is 35.1 Å². The van der Waals surface area contributed by atoms with Crippen LogP contribution < -0.4 is 5.46 Å². The van der Waals surface area contributed by atoms with Gasteiger partial charge in [-0.2, -0.15) is 13.2 Å². The van der Waals surface area contributed by atoms with Crippen LogP contribution in [0, 0.1) is 6.92 Å². The van der Waals surface area contributed by atoms with Crippen molar-refractivity contribution in [2.75, 3.05) is 0 Å². The van der Waals surface area contributed by atoms with E-state index < -0.39 is 24.6 Å². The smallest absolute Gasteiger partial charge is 0.423 e. The molecular formula is C17H14BF3O3. The molecule has 0 bridgehead atoms. The van der Waals surface area contributed by atoms with E-state index in [2.05, 4.69) is 0 Å². The Hall–Kier alpha value is -2.12.